The standard InChI is InChI=1S/C40H44ClFN6O3/c1-3-32-38-34(15-18-47(38)40(50)48(32)33-13-12-27(22-43)36(41)24(33)2)51-19-7-5-4-6-16-44-23-25-8-10-26(11-9-25)37-29-14-17-45-39(49)30-20-28(42)21-31(46-37)35(29)30/h8-13,20-21,32,34,38,44,46H,3-7,14-19,23H2,1-2H3,(H,45,49)/t32-,34-,38+/m0/s1. The molecule has 11 heteroatoms. The van der Waals surface area contributed by atoms with Crippen molar-refractivity contribution in [2.75, 3.05) is 31.1 Å². The van der Waals surface area contributed by atoms with E-state index in [4.69, 9.17) is 16.3 Å². The average molecular weight is 711 g/mol. The Morgan fingerprint density at radius 3 is 2.69 bits per heavy atom. The number of nitriles is 1. The molecule has 0 aliphatic carbocycles. The van der Waals surface area contributed by atoms with Crippen LogP contribution in [0.4, 0.5) is 14.9 Å². The second kappa shape index (κ2) is 15.0. The summed E-state index contributed by atoms with van der Waals surface area (Å²) in [5, 5.41) is 17.0. The molecule has 4 heterocycles. The number of rotatable bonds is 13. The van der Waals surface area contributed by atoms with Gasteiger partial charge < -0.3 is 25.3 Å². The van der Waals surface area contributed by atoms with Crippen molar-refractivity contribution >= 4 is 40.1 Å². The van der Waals surface area contributed by atoms with Crippen molar-refractivity contribution in [2.45, 2.75) is 83.5 Å². The molecule has 3 N–H and O–H groups in total. The molecule has 3 aliphatic rings. The van der Waals surface area contributed by atoms with E-state index in [9.17, 15) is 19.2 Å². The normalized spacial score (nSPS) is 19.8. The molecule has 0 bridgehead atoms. The van der Waals surface area contributed by atoms with Crippen LogP contribution in [-0.4, -0.2) is 66.3 Å². The first kappa shape index (κ1) is 35.0. The zero-order valence-corrected chi connectivity index (χ0v) is 29.9. The number of hydrogen-bond donors (Lipinski definition) is 3. The summed E-state index contributed by atoms with van der Waals surface area (Å²) in [4.78, 5) is 33.2. The van der Waals surface area contributed by atoms with Gasteiger partial charge in [0.05, 0.1) is 40.0 Å². The Bertz CT molecular complexity index is 1990. The van der Waals surface area contributed by atoms with Crippen molar-refractivity contribution in [3.63, 3.8) is 0 Å². The molecule has 7 rings (SSSR count). The first-order valence-corrected chi connectivity index (χ1v) is 18.5. The summed E-state index contributed by atoms with van der Waals surface area (Å²) in [5.74, 6) is -0.657. The van der Waals surface area contributed by atoms with Crippen LogP contribution in [0.25, 0.3) is 22.2 Å². The Balaban J connectivity index is 0.842. The molecule has 2 saturated heterocycles. The molecule has 2 fully saturated rings. The van der Waals surface area contributed by atoms with E-state index in [1.165, 1.54) is 17.7 Å². The van der Waals surface area contributed by atoms with Gasteiger partial charge in [-0.05, 0) is 92.1 Å². The fraction of sp³-hybridized carbons (Fsp3) is 0.425. The van der Waals surface area contributed by atoms with Gasteiger partial charge in [0, 0.05) is 42.8 Å². The lowest BCUT2D eigenvalue weighted by Gasteiger charge is -2.29. The number of halogens is 2. The maximum absolute atomic E-state index is 14.2. The van der Waals surface area contributed by atoms with E-state index in [0.717, 1.165) is 85.1 Å². The van der Waals surface area contributed by atoms with Crippen LogP contribution in [0.2, 0.25) is 5.02 Å². The number of fused-ring (bicyclic) bond motifs is 1. The molecule has 3 aromatic carbocycles. The van der Waals surface area contributed by atoms with Crippen molar-refractivity contribution < 1.29 is 18.7 Å². The number of unbranched alkanes of at least 4 members (excludes halogenated alkanes) is 3. The average Bonchev–Trinajstić information content (AvgIpc) is 3.76. The third-order valence-electron chi connectivity index (χ3n) is 10.8. The first-order valence-electron chi connectivity index (χ1n) is 18.1. The van der Waals surface area contributed by atoms with E-state index in [2.05, 4.69) is 52.9 Å². The van der Waals surface area contributed by atoms with E-state index in [-0.39, 0.29) is 30.1 Å². The van der Waals surface area contributed by atoms with Gasteiger partial charge in [0.25, 0.3) is 5.91 Å². The minimum Gasteiger partial charge on any atom is -0.376 e. The second-order valence-corrected chi connectivity index (χ2v) is 14.2. The summed E-state index contributed by atoms with van der Waals surface area (Å²) in [6, 6.07) is 16.8. The van der Waals surface area contributed by atoms with Gasteiger partial charge >= 0.3 is 6.03 Å². The van der Waals surface area contributed by atoms with Gasteiger partial charge in [-0.15, -0.1) is 0 Å². The highest BCUT2D eigenvalue weighted by molar-refractivity contribution is 6.33. The van der Waals surface area contributed by atoms with Crippen LogP contribution in [0.1, 0.15) is 78.1 Å². The number of benzene rings is 3. The third-order valence-corrected chi connectivity index (χ3v) is 11.2. The van der Waals surface area contributed by atoms with Gasteiger partial charge in [-0.1, -0.05) is 55.6 Å². The quantitative estimate of drug-likeness (QED) is 0.124. The van der Waals surface area contributed by atoms with Gasteiger partial charge in [-0.25, -0.2) is 9.18 Å². The largest absolute Gasteiger partial charge is 0.376 e. The number of amides is 3. The van der Waals surface area contributed by atoms with Gasteiger partial charge in [0.1, 0.15) is 11.9 Å². The van der Waals surface area contributed by atoms with E-state index in [0.29, 0.717) is 47.8 Å². The number of hydrogen-bond acceptors (Lipinski definition) is 5. The minimum atomic E-state index is -0.423. The number of nitrogens with one attached hydrogen (secondary N) is 3. The predicted molar refractivity (Wildman–Crippen MR) is 198 cm³/mol. The lowest BCUT2D eigenvalue weighted by molar-refractivity contribution is 0.0301. The fourth-order valence-electron chi connectivity index (χ4n) is 8.21. The summed E-state index contributed by atoms with van der Waals surface area (Å²) in [6.07, 6.45) is 6.61. The van der Waals surface area contributed by atoms with Crippen LogP contribution in [0.15, 0.2) is 48.5 Å². The molecular weight excluding hydrogens is 667 g/mol. The van der Waals surface area contributed by atoms with Crippen molar-refractivity contribution in [3.05, 3.63) is 87.2 Å². The molecule has 0 spiro atoms. The van der Waals surface area contributed by atoms with E-state index in [1.807, 2.05) is 22.8 Å². The lowest BCUT2D eigenvalue weighted by atomic mass is 9.99. The number of H-pyrrole nitrogens is 1. The van der Waals surface area contributed by atoms with Crippen LogP contribution in [0, 0.1) is 24.1 Å². The molecule has 0 saturated carbocycles. The molecule has 4 aromatic rings. The molecule has 3 amide bonds. The monoisotopic (exact) mass is 710 g/mol. The number of carbonyl (C=O) groups is 2. The number of aromatic amines is 1. The number of aromatic nitrogens is 1. The molecule has 266 valence electrons. The molecule has 9 nitrogen and oxygen atoms in total. The van der Waals surface area contributed by atoms with Gasteiger partial charge in [0.15, 0.2) is 0 Å². The predicted octanol–water partition coefficient (Wildman–Crippen LogP) is 7.62. The first-order chi connectivity index (χ1) is 24.8. The zero-order valence-electron chi connectivity index (χ0n) is 29.2. The maximum Gasteiger partial charge on any atom is 0.325 e. The topological polar surface area (TPSA) is 113 Å². The number of ether oxygens (including phenoxy) is 1. The molecule has 3 atom stereocenters. The number of anilines is 1. The highest BCUT2D eigenvalue weighted by Gasteiger charge is 2.53. The Hall–Kier alpha value is -4.43. The highest BCUT2D eigenvalue weighted by Crippen LogP contribution is 2.41. The van der Waals surface area contributed by atoms with E-state index in [1.54, 1.807) is 6.07 Å². The van der Waals surface area contributed by atoms with Crippen LogP contribution in [0.3, 0.4) is 0 Å². The fourth-order valence-corrected chi connectivity index (χ4v) is 8.41. The van der Waals surface area contributed by atoms with E-state index < -0.39 is 5.82 Å². The molecule has 3 aliphatic heterocycles. The molecule has 51 heavy (non-hydrogen) atoms. The molecule has 1 aromatic heterocycles. The Morgan fingerprint density at radius 1 is 1.10 bits per heavy atom. The van der Waals surface area contributed by atoms with Crippen molar-refractivity contribution in [2.24, 2.45) is 0 Å². The Labute approximate surface area is 303 Å². The SMILES string of the molecule is CC[C@H]1[C@@H]2[C@@H](OCCCCCCNCc3ccc(-c4[nH]c5cc(F)cc6c5c4CCNC6=O)cc3)CCN2C(=O)N1c1ccc(C#N)c(Cl)c1C. The second-order valence-electron chi connectivity index (χ2n) is 13.8. The van der Waals surface area contributed by atoms with Crippen LogP contribution < -0.4 is 15.5 Å². The van der Waals surface area contributed by atoms with Gasteiger partial charge in [-0.3, -0.25) is 9.69 Å². The molecular formula is C40H44ClFN6O3. The maximum atomic E-state index is 14.2. The van der Waals surface area contributed by atoms with Crippen molar-refractivity contribution in [3.8, 4) is 17.3 Å². The van der Waals surface area contributed by atoms with Crippen molar-refractivity contribution in [1.29, 1.82) is 5.26 Å². The Morgan fingerprint density at radius 2 is 1.90 bits per heavy atom. The minimum absolute atomic E-state index is 0.00722. The van der Waals surface area contributed by atoms with Gasteiger partial charge in [-0.2, -0.15) is 5.26 Å². The summed E-state index contributed by atoms with van der Waals surface area (Å²) >= 11 is 6.47. The smallest absolute Gasteiger partial charge is 0.325 e. The van der Waals surface area contributed by atoms with Gasteiger partial charge in [0.2, 0.25) is 0 Å². The summed E-state index contributed by atoms with van der Waals surface area (Å²) in [6.45, 7) is 7.57. The van der Waals surface area contributed by atoms with Crippen LogP contribution in [-0.2, 0) is 17.7 Å². The number of urea groups is 1. The lowest BCUT2D eigenvalue weighted by Crippen LogP contribution is -2.42. The third kappa shape index (κ3) is 6.71. The van der Waals surface area contributed by atoms with E-state index >= 15 is 0 Å². The highest BCUT2D eigenvalue weighted by atomic mass is 35.5. The molecule has 0 unspecified atom stereocenters. The summed E-state index contributed by atoms with van der Waals surface area (Å²) < 4.78 is 20.7. The summed E-state index contributed by atoms with van der Waals surface area (Å²) in [5.41, 5.74) is 7.18. The zero-order chi connectivity index (χ0) is 35.6. The number of carbonyl (C=O) groups excluding carboxylic acids is 2. The Kier molecular flexibility index (Phi) is 10.3. The van der Waals surface area contributed by atoms with Crippen molar-refractivity contribution in [1.82, 2.24) is 20.5 Å². The van der Waals surface area contributed by atoms with Crippen LogP contribution >= 0.6 is 11.6 Å². The number of nitrogens with zero attached hydrogens (tertiary/aromatic N) is 3. The molecule has 0 radical (unpaired) electrons. The summed E-state index contributed by atoms with van der Waals surface area (Å²) in [7, 11) is 0. The van der Waals surface area contributed by atoms with Crippen LogP contribution in [0.5, 0.6) is 0 Å².